The molecule has 11 nitrogen and oxygen atoms in total. The molecule has 2 aromatic carbocycles. The minimum Gasteiger partial charge on any atom is -0.381 e. The summed E-state index contributed by atoms with van der Waals surface area (Å²) >= 11 is 0. The van der Waals surface area contributed by atoms with E-state index in [2.05, 4.69) is 47.0 Å². The lowest BCUT2D eigenvalue weighted by molar-refractivity contribution is -0.111. The van der Waals surface area contributed by atoms with Crippen LogP contribution in [0.15, 0.2) is 73.1 Å². The number of aromatic nitrogens is 5. The van der Waals surface area contributed by atoms with Crippen molar-refractivity contribution in [2.75, 3.05) is 43.7 Å². The lowest BCUT2D eigenvalue weighted by atomic mass is 9.93. The van der Waals surface area contributed by atoms with Gasteiger partial charge >= 0.3 is 0 Å². The molecule has 1 aliphatic rings. The molecule has 1 saturated carbocycles. The Kier molecular flexibility index (Phi) is 10.3. The Morgan fingerprint density at radius 1 is 1.08 bits per heavy atom. The average Bonchev–Trinajstić information content (AvgIpc) is 3.52. The predicted molar refractivity (Wildman–Crippen MR) is 192 cm³/mol. The second kappa shape index (κ2) is 14.9. The van der Waals surface area contributed by atoms with E-state index in [1.165, 1.54) is 0 Å². The van der Waals surface area contributed by atoms with Crippen LogP contribution in [0.2, 0.25) is 0 Å². The number of benzene rings is 2. The topological polar surface area (TPSA) is 122 Å². The average molecular weight is 648 g/mol. The fourth-order valence-electron chi connectivity index (χ4n) is 6.21. The minimum absolute atomic E-state index is 0.157. The number of rotatable bonds is 12. The Morgan fingerprint density at radius 2 is 1.90 bits per heavy atom. The Morgan fingerprint density at radius 3 is 2.67 bits per heavy atom. The number of fused-ring (bicyclic) bond motifs is 2. The van der Waals surface area contributed by atoms with Crippen molar-refractivity contribution >= 4 is 39.9 Å². The van der Waals surface area contributed by atoms with Gasteiger partial charge in [-0.1, -0.05) is 50.3 Å². The molecule has 0 saturated heterocycles. The van der Waals surface area contributed by atoms with Gasteiger partial charge in [-0.15, -0.1) is 0 Å². The van der Waals surface area contributed by atoms with Crippen molar-refractivity contribution in [3.05, 3.63) is 84.2 Å². The highest BCUT2D eigenvalue weighted by Crippen LogP contribution is 2.32. The normalized spacial score (nSPS) is 16.7. The zero-order valence-electron chi connectivity index (χ0n) is 28.4. The molecule has 1 amide bonds. The Labute approximate surface area is 281 Å². The Balaban J connectivity index is 1.25. The van der Waals surface area contributed by atoms with Crippen LogP contribution in [0.1, 0.15) is 56.6 Å². The number of ether oxygens (including phenoxy) is 1. The molecule has 3 N–H and O–H groups in total. The van der Waals surface area contributed by atoms with Gasteiger partial charge in [0.25, 0.3) is 0 Å². The van der Waals surface area contributed by atoms with E-state index in [0.29, 0.717) is 37.1 Å². The van der Waals surface area contributed by atoms with Gasteiger partial charge in [0.2, 0.25) is 17.8 Å². The summed E-state index contributed by atoms with van der Waals surface area (Å²) in [6.07, 6.45) is 11.5. The summed E-state index contributed by atoms with van der Waals surface area (Å²) in [5.41, 5.74) is 5.56. The van der Waals surface area contributed by atoms with Crippen LogP contribution in [0.5, 0.6) is 0 Å². The molecule has 250 valence electrons. The van der Waals surface area contributed by atoms with Crippen molar-refractivity contribution in [1.29, 1.82) is 0 Å². The number of hydrogen-bond donors (Lipinski definition) is 3. The van der Waals surface area contributed by atoms with Crippen LogP contribution in [0, 0.1) is 0 Å². The van der Waals surface area contributed by atoms with E-state index in [4.69, 9.17) is 19.7 Å². The van der Waals surface area contributed by atoms with Crippen LogP contribution in [0.25, 0.3) is 27.7 Å². The molecule has 11 heteroatoms. The first-order valence-corrected chi connectivity index (χ1v) is 16.7. The predicted octanol–water partition coefficient (Wildman–Crippen LogP) is 6.50. The molecule has 0 bridgehead atoms. The molecule has 0 unspecified atom stereocenters. The van der Waals surface area contributed by atoms with Crippen molar-refractivity contribution in [2.45, 2.75) is 64.1 Å². The SMILES string of the molecule is COC1CCC(Nc2nc(NCc3ccccc3-c3nccc4cc(NC(=O)/C=C/CN(C)C)ccc34)n3ncc(C(C)C)c3n2)CC1. The molecule has 0 spiro atoms. The molecule has 1 fully saturated rings. The smallest absolute Gasteiger partial charge is 0.248 e. The van der Waals surface area contributed by atoms with Crippen molar-refractivity contribution in [3.8, 4) is 11.3 Å². The minimum atomic E-state index is -0.157. The summed E-state index contributed by atoms with van der Waals surface area (Å²) in [6.45, 7) is 5.51. The first-order chi connectivity index (χ1) is 23.3. The third kappa shape index (κ3) is 7.64. The Hall–Kier alpha value is -4.87. The third-order valence-corrected chi connectivity index (χ3v) is 8.84. The molecule has 48 heavy (non-hydrogen) atoms. The van der Waals surface area contributed by atoms with Crippen LogP contribution in [-0.4, -0.2) is 75.3 Å². The van der Waals surface area contributed by atoms with Crippen molar-refractivity contribution in [3.63, 3.8) is 0 Å². The molecule has 6 rings (SSSR count). The monoisotopic (exact) mass is 647 g/mol. The highest BCUT2D eigenvalue weighted by atomic mass is 16.5. The van der Waals surface area contributed by atoms with Gasteiger partial charge in [-0.05, 0) is 74.8 Å². The largest absolute Gasteiger partial charge is 0.381 e. The highest BCUT2D eigenvalue weighted by Gasteiger charge is 2.23. The summed E-state index contributed by atoms with van der Waals surface area (Å²) < 4.78 is 7.37. The Bertz CT molecular complexity index is 1910. The standard InChI is InChI=1S/C37H45N9O2/c1-24(2)32-23-40-46-35(32)43-36(42-27-12-15-29(48-5)16-13-27)44-37(46)39-22-26-9-6-7-10-30(26)34-31-17-14-28(21-25(31)18-19-38-34)41-33(47)11-8-20-45(3)4/h6-11,14,17-19,21,23-24,27,29H,12-13,15-16,20,22H2,1-5H3,(H,41,47)(H2,39,42,43,44)/b11-8+. The van der Waals surface area contributed by atoms with E-state index in [1.54, 1.807) is 17.7 Å². The highest BCUT2D eigenvalue weighted by molar-refractivity contribution is 6.02. The van der Waals surface area contributed by atoms with Gasteiger partial charge in [0.15, 0.2) is 5.65 Å². The molecule has 0 radical (unpaired) electrons. The fourth-order valence-corrected chi connectivity index (χ4v) is 6.21. The van der Waals surface area contributed by atoms with Crippen molar-refractivity contribution in [1.82, 2.24) is 29.5 Å². The fraction of sp³-hybridized carbons (Fsp3) is 0.378. The van der Waals surface area contributed by atoms with Gasteiger partial charge in [-0.3, -0.25) is 9.78 Å². The molecule has 5 aromatic rings. The first kappa shape index (κ1) is 33.0. The summed E-state index contributed by atoms with van der Waals surface area (Å²) in [4.78, 5) is 29.1. The van der Waals surface area contributed by atoms with Gasteiger partial charge in [-0.2, -0.15) is 19.6 Å². The van der Waals surface area contributed by atoms with Gasteiger partial charge in [0, 0.05) is 60.7 Å². The summed E-state index contributed by atoms with van der Waals surface area (Å²) in [6, 6.07) is 16.4. The van der Waals surface area contributed by atoms with E-state index in [9.17, 15) is 4.79 Å². The second-order valence-corrected chi connectivity index (χ2v) is 13.0. The summed E-state index contributed by atoms with van der Waals surface area (Å²) in [7, 11) is 5.72. The van der Waals surface area contributed by atoms with Gasteiger partial charge in [-0.25, -0.2) is 0 Å². The maximum absolute atomic E-state index is 12.5. The van der Waals surface area contributed by atoms with Crippen LogP contribution in [0.3, 0.4) is 0 Å². The molecular weight excluding hydrogens is 602 g/mol. The van der Waals surface area contributed by atoms with E-state index >= 15 is 0 Å². The lowest BCUT2D eigenvalue weighted by Gasteiger charge is -2.28. The second-order valence-electron chi connectivity index (χ2n) is 13.0. The summed E-state index contributed by atoms with van der Waals surface area (Å²) in [5, 5.41) is 16.8. The van der Waals surface area contributed by atoms with Gasteiger partial charge in [0.1, 0.15) is 0 Å². The number of pyridine rings is 1. The third-order valence-electron chi connectivity index (χ3n) is 8.84. The van der Waals surface area contributed by atoms with E-state index in [-0.39, 0.29) is 11.8 Å². The molecule has 3 heterocycles. The maximum atomic E-state index is 12.5. The maximum Gasteiger partial charge on any atom is 0.248 e. The first-order valence-electron chi connectivity index (χ1n) is 16.7. The van der Waals surface area contributed by atoms with E-state index < -0.39 is 0 Å². The number of carbonyl (C=O) groups is 1. The lowest BCUT2D eigenvalue weighted by Crippen LogP contribution is -2.30. The molecular formula is C37H45N9O2. The molecule has 0 aliphatic heterocycles. The molecule has 0 atom stereocenters. The van der Waals surface area contributed by atoms with Gasteiger partial charge < -0.3 is 25.6 Å². The van der Waals surface area contributed by atoms with Crippen LogP contribution >= 0.6 is 0 Å². The zero-order chi connectivity index (χ0) is 33.6. The number of nitrogens with zero attached hydrogens (tertiary/aromatic N) is 6. The molecule has 3 aromatic heterocycles. The van der Waals surface area contributed by atoms with Crippen molar-refractivity contribution in [2.24, 2.45) is 0 Å². The van der Waals surface area contributed by atoms with Crippen molar-refractivity contribution < 1.29 is 9.53 Å². The number of methoxy groups -OCH3 is 1. The number of carbonyl (C=O) groups excluding carboxylic acids is 1. The zero-order valence-corrected chi connectivity index (χ0v) is 28.4. The number of hydrogen-bond acceptors (Lipinski definition) is 9. The number of anilines is 3. The van der Waals surface area contributed by atoms with E-state index in [0.717, 1.165) is 70.2 Å². The van der Waals surface area contributed by atoms with Gasteiger partial charge in [0.05, 0.1) is 18.0 Å². The summed E-state index contributed by atoms with van der Waals surface area (Å²) in [5.74, 6) is 1.34. The van der Waals surface area contributed by atoms with Crippen LogP contribution < -0.4 is 16.0 Å². The number of likely N-dealkylation sites (N-methyl/N-ethyl adjacent to an activating group) is 1. The molecule has 1 aliphatic carbocycles. The van der Waals surface area contributed by atoms with Crippen LogP contribution in [0.4, 0.5) is 17.6 Å². The van der Waals surface area contributed by atoms with E-state index in [1.807, 2.05) is 73.9 Å². The number of nitrogens with one attached hydrogen (secondary N) is 3. The quantitative estimate of drug-likeness (QED) is 0.130. The van der Waals surface area contributed by atoms with Crippen LogP contribution in [-0.2, 0) is 16.1 Å². The number of amides is 1.